The number of aliphatic carboxylic acids is 1. The number of hydrogen-bond acceptors (Lipinski definition) is 5. The topological polar surface area (TPSA) is 79.7 Å². The molecule has 1 aromatic carbocycles. The lowest BCUT2D eigenvalue weighted by Crippen LogP contribution is -2.49. The molecule has 1 unspecified atom stereocenters. The number of morpholine rings is 1. The van der Waals surface area contributed by atoms with Crippen LogP contribution in [-0.2, 0) is 9.53 Å². The molecular weight excluding hydrogens is 352 g/mol. The number of rotatable bonds is 4. The molecule has 0 spiro atoms. The Morgan fingerprint density at radius 3 is 3.04 bits per heavy atom. The Morgan fingerprint density at radius 2 is 2.29 bits per heavy atom. The minimum absolute atomic E-state index is 0.142. The SMILES string of the molecule is O=C(O)CC1COCCN1C(=O)c1csc(-c2cccc(Cl)c2)n1. The standard InChI is InChI=1S/C16H15ClN2O4S/c17-11-3-1-2-10(6-11)15-18-13(9-24-15)16(22)19-4-5-23-8-12(19)7-14(20)21/h1-3,6,9,12H,4-5,7-8H2,(H,20,21). The fraction of sp³-hybridized carbons (Fsp3) is 0.312. The molecule has 126 valence electrons. The van der Waals surface area contributed by atoms with Crippen LogP contribution in [0.15, 0.2) is 29.6 Å². The molecule has 0 aliphatic carbocycles. The second-order valence-corrected chi connectivity index (χ2v) is 6.67. The summed E-state index contributed by atoms with van der Waals surface area (Å²) in [5, 5.41) is 12.0. The maximum absolute atomic E-state index is 12.7. The first-order chi connectivity index (χ1) is 11.5. The van der Waals surface area contributed by atoms with Gasteiger partial charge in [0.15, 0.2) is 0 Å². The van der Waals surface area contributed by atoms with Crippen LogP contribution in [0.4, 0.5) is 0 Å². The van der Waals surface area contributed by atoms with Gasteiger partial charge in [-0.3, -0.25) is 9.59 Å². The quantitative estimate of drug-likeness (QED) is 0.900. The van der Waals surface area contributed by atoms with Crippen LogP contribution in [0.3, 0.4) is 0 Å². The number of aromatic nitrogens is 1. The molecule has 1 aromatic heterocycles. The van der Waals surface area contributed by atoms with E-state index in [0.29, 0.717) is 28.9 Å². The third kappa shape index (κ3) is 3.75. The minimum atomic E-state index is -0.957. The number of carboxylic acids is 1. The predicted molar refractivity (Wildman–Crippen MR) is 90.5 cm³/mol. The number of nitrogens with zero attached hydrogens (tertiary/aromatic N) is 2. The van der Waals surface area contributed by atoms with E-state index in [1.54, 1.807) is 17.5 Å². The maximum atomic E-state index is 12.7. The van der Waals surface area contributed by atoms with Crippen molar-refractivity contribution < 1.29 is 19.4 Å². The van der Waals surface area contributed by atoms with Gasteiger partial charge in [-0.1, -0.05) is 23.7 Å². The van der Waals surface area contributed by atoms with Gasteiger partial charge in [-0.05, 0) is 12.1 Å². The number of halogens is 1. The van der Waals surface area contributed by atoms with Crippen molar-refractivity contribution in [2.45, 2.75) is 12.5 Å². The van der Waals surface area contributed by atoms with Crippen molar-refractivity contribution >= 4 is 34.8 Å². The highest BCUT2D eigenvalue weighted by atomic mass is 35.5. The lowest BCUT2D eigenvalue weighted by molar-refractivity contribution is -0.139. The van der Waals surface area contributed by atoms with Gasteiger partial charge >= 0.3 is 5.97 Å². The fourth-order valence-electron chi connectivity index (χ4n) is 2.57. The minimum Gasteiger partial charge on any atom is -0.481 e. The molecule has 2 heterocycles. The van der Waals surface area contributed by atoms with E-state index in [1.165, 1.54) is 16.2 Å². The Bertz CT molecular complexity index is 764. The Balaban J connectivity index is 1.80. The molecule has 2 aromatic rings. The number of thiazole rings is 1. The monoisotopic (exact) mass is 366 g/mol. The van der Waals surface area contributed by atoms with Gasteiger partial charge in [-0.25, -0.2) is 4.98 Å². The molecule has 1 aliphatic heterocycles. The number of carbonyl (C=O) groups excluding carboxylic acids is 1. The van der Waals surface area contributed by atoms with E-state index in [9.17, 15) is 9.59 Å². The maximum Gasteiger partial charge on any atom is 0.305 e. The summed E-state index contributed by atoms with van der Waals surface area (Å²) in [6, 6.07) is 6.79. The lowest BCUT2D eigenvalue weighted by Gasteiger charge is -2.34. The average Bonchev–Trinajstić information content (AvgIpc) is 3.04. The van der Waals surface area contributed by atoms with Crippen molar-refractivity contribution in [2.24, 2.45) is 0 Å². The van der Waals surface area contributed by atoms with Crippen molar-refractivity contribution in [3.8, 4) is 10.6 Å². The molecule has 6 nitrogen and oxygen atoms in total. The van der Waals surface area contributed by atoms with Crippen molar-refractivity contribution in [2.75, 3.05) is 19.8 Å². The van der Waals surface area contributed by atoms with E-state index < -0.39 is 12.0 Å². The van der Waals surface area contributed by atoms with E-state index in [-0.39, 0.29) is 18.9 Å². The molecular formula is C16H15ClN2O4S. The summed E-state index contributed by atoms with van der Waals surface area (Å²) < 4.78 is 5.30. The zero-order chi connectivity index (χ0) is 17.1. The molecule has 0 saturated carbocycles. The van der Waals surface area contributed by atoms with Crippen molar-refractivity contribution in [1.82, 2.24) is 9.88 Å². The van der Waals surface area contributed by atoms with E-state index in [4.69, 9.17) is 21.4 Å². The second kappa shape index (κ2) is 7.29. The van der Waals surface area contributed by atoms with Gasteiger partial charge in [0.05, 0.1) is 25.7 Å². The normalized spacial score (nSPS) is 17.7. The highest BCUT2D eigenvalue weighted by Crippen LogP contribution is 2.27. The summed E-state index contributed by atoms with van der Waals surface area (Å²) in [4.78, 5) is 29.6. The number of ether oxygens (including phenoxy) is 1. The molecule has 1 amide bonds. The molecule has 24 heavy (non-hydrogen) atoms. The fourth-order valence-corrected chi connectivity index (χ4v) is 3.55. The van der Waals surface area contributed by atoms with Crippen LogP contribution in [-0.4, -0.2) is 52.7 Å². The largest absolute Gasteiger partial charge is 0.481 e. The zero-order valence-corrected chi connectivity index (χ0v) is 14.2. The van der Waals surface area contributed by atoms with Crippen LogP contribution in [0.1, 0.15) is 16.9 Å². The summed E-state index contributed by atoms with van der Waals surface area (Å²) in [5.41, 5.74) is 1.16. The van der Waals surface area contributed by atoms with Gasteiger partial charge in [0.25, 0.3) is 5.91 Å². The third-order valence-corrected chi connectivity index (χ3v) is 4.82. The molecule has 1 N–H and O–H groups in total. The molecule has 0 radical (unpaired) electrons. The molecule has 1 fully saturated rings. The first kappa shape index (κ1) is 16.9. The van der Waals surface area contributed by atoms with Gasteiger partial charge in [-0.15, -0.1) is 11.3 Å². The molecule has 1 aliphatic rings. The van der Waals surface area contributed by atoms with Crippen LogP contribution < -0.4 is 0 Å². The average molecular weight is 367 g/mol. The smallest absolute Gasteiger partial charge is 0.305 e. The number of benzene rings is 1. The van der Waals surface area contributed by atoms with E-state index >= 15 is 0 Å². The number of carbonyl (C=O) groups is 2. The van der Waals surface area contributed by atoms with E-state index in [2.05, 4.69) is 4.98 Å². The van der Waals surface area contributed by atoms with Gasteiger partial charge in [0.2, 0.25) is 0 Å². The number of amides is 1. The van der Waals surface area contributed by atoms with Gasteiger partial charge in [0.1, 0.15) is 10.7 Å². The Kier molecular flexibility index (Phi) is 5.13. The summed E-state index contributed by atoms with van der Waals surface area (Å²) in [6.45, 7) is 0.983. The van der Waals surface area contributed by atoms with Crippen LogP contribution in [0.2, 0.25) is 5.02 Å². The summed E-state index contributed by atoms with van der Waals surface area (Å²) in [7, 11) is 0. The molecule has 1 saturated heterocycles. The van der Waals surface area contributed by atoms with Crippen LogP contribution in [0, 0.1) is 0 Å². The summed E-state index contributed by atoms with van der Waals surface area (Å²) in [5.74, 6) is -1.23. The Labute approximate surface area is 147 Å². The van der Waals surface area contributed by atoms with Gasteiger partial charge in [0, 0.05) is 22.5 Å². The van der Waals surface area contributed by atoms with E-state index in [1.807, 2.05) is 12.1 Å². The summed E-state index contributed by atoms with van der Waals surface area (Å²) in [6.07, 6.45) is -0.142. The summed E-state index contributed by atoms with van der Waals surface area (Å²) >= 11 is 7.34. The Morgan fingerprint density at radius 1 is 1.46 bits per heavy atom. The zero-order valence-electron chi connectivity index (χ0n) is 12.6. The highest BCUT2D eigenvalue weighted by molar-refractivity contribution is 7.13. The van der Waals surface area contributed by atoms with Crippen molar-refractivity contribution in [1.29, 1.82) is 0 Å². The van der Waals surface area contributed by atoms with Crippen molar-refractivity contribution in [3.05, 3.63) is 40.4 Å². The van der Waals surface area contributed by atoms with Crippen LogP contribution >= 0.6 is 22.9 Å². The molecule has 0 bridgehead atoms. The molecule has 1 atom stereocenters. The lowest BCUT2D eigenvalue weighted by atomic mass is 10.1. The van der Waals surface area contributed by atoms with Gasteiger partial charge < -0.3 is 14.7 Å². The first-order valence-electron chi connectivity index (χ1n) is 7.36. The van der Waals surface area contributed by atoms with Crippen molar-refractivity contribution in [3.63, 3.8) is 0 Å². The Hall–Kier alpha value is -1.96. The molecule has 3 rings (SSSR count). The third-order valence-electron chi connectivity index (χ3n) is 3.69. The van der Waals surface area contributed by atoms with Crippen LogP contribution in [0.5, 0.6) is 0 Å². The van der Waals surface area contributed by atoms with E-state index in [0.717, 1.165) is 5.56 Å². The number of hydrogen-bond donors (Lipinski definition) is 1. The molecule has 8 heteroatoms. The predicted octanol–water partition coefficient (Wildman–Crippen LogP) is 2.78. The van der Waals surface area contributed by atoms with Crippen LogP contribution in [0.25, 0.3) is 10.6 Å². The van der Waals surface area contributed by atoms with Gasteiger partial charge in [-0.2, -0.15) is 0 Å². The first-order valence-corrected chi connectivity index (χ1v) is 8.62. The highest BCUT2D eigenvalue weighted by Gasteiger charge is 2.31. The second-order valence-electron chi connectivity index (χ2n) is 5.37. The number of carboxylic acid groups (broad SMARTS) is 1.